The Balaban J connectivity index is 1.12. The number of rotatable bonds is 14. The number of carbonyl (C=O) groups excluding carboxylic acids is 2. The van der Waals surface area contributed by atoms with Crippen LogP contribution >= 0.6 is 11.6 Å². The largest absolute Gasteiger partial charge is 0.481 e. The van der Waals surface area contributed by atoms with Crippen LogP contribution in [0.3, 0.4) is 0 Å². The zero-order valence-corrected chi connectivity index (χ0v) is 31.8. The van der Waals surface area contributed by atoms with Gasteiger partial charge >= 0.3 is 6.18 Å². The predicted molar refractivity (Wildman–Crippen MR) is 202 cm³/mol. The monoisotopic (exact) mass is 793 g/mol. The summed E-state index contributed by atoms with van der Waals surface area (Å²) in [6.45, 7) is 1.58. The van der Waals surface area contributed by atoms with Gasteiger partial charge in [-0.15, -0.1) is 0 Å². The molecule has 4 aromatic rings. The molecule has 0 unspecified atom stereocenters. The standard InChI is InChI=1S/C40H43ClF3N7O5/c1-54-37-22(18-45-20-24-10-13-33(52)48-24)9-12-31(50-37)29-15-16-47-36(35(29)41)28-7-3-6-27-26(28)5-4-8-32(27)56-39-30(40(42,43)44)17-23(38(51-39)55-2)19-46-21-25-11-14-34(53)49-25/h3,6-7,9,12,15-17,24-25,32,45-46H,4-5,8,10-11,13-14,18-21H2,1-2H3,(H,48,52)(H,49,53)/t24-,25-,32+/m0/s1. The fourth-order valence-corrected chi connectivity index (χ4v) is 7.90. The summed E-state index contributed by atoms with van der Waals surface area (Å²) in [6.07, 6.45) is 0.337. The van der Waals surface area contributed by atoms with Crippen molar-refractivity contribution in [2.24, 2.45) is 0 Å². The van der Waals surface area contributed by atoms with Gasteiger partial charge < -0.3 is 35.5 Å². The number of carbonyl (C=O) groups is 2. The summed E-state index contributed by atoms with van der Waals surface area (Å²) in [5.41, 5.74) is 4.14. The highest BCUT2D eigenvalue weighted by molar-refractivity contribution is 6.35. The Hall–Kier alpha value is -4.99. The Morgan fingerprint density at radius 3 is 2.14 bits per heavy atom. The number of methoxy groups -OCH3 is 2. The number of hydrogen-bond donors (Lipinski definition) is 4. The molecular weight excluding hydrogens is 751 g/mol. The summed E-state index contributed by atoms with van der Waals surface area (Å²) in [4.78, 5) is 36.7. The van der Waals surface area contributed by atoms with E-state index in [0.717, 1.165) is 34.7 Å². The van der Waals surface area contributed by atoms with Gasteiger partial charge in [-0.1, -0.05) is 35.9 Å². The number of aromatic nitrogens is 3. The van der Waals surface area contributed by atoms with Gasteiger partial charge in [-0.2, -0.15) is 18.2 Å². The summed E-state index contributed by atoms with van der Waals surface area (Å²) >= 11 is 7.09. The minimum Gasteiger partial charge on any atom is -0.481 e. The number of benzene rings is 1. The summed E-state index contributed by atoms with van der Waals surface area (Å²) in [6, 6.07) is 12.2. The van der Waals surface area contributed by atoms with E-state index in [9.17, 15) is 22.8 Å². The highest BCUT2D eigenvalue weighted by atomic mass is 35.5. The second kappa shape index (κ2) is 17.0. The maximum absolute atomic E-state index is 14.5. The van der Waals surface area contributed by atoms with Crippen molar-refractivity contribution >= 4 is 23.4 Å². The zero-order chi connectivity index (χ0) is 39.4. The molecule has 16 heteroatoms. The molecule has 7 rings (SSSR count). The summed E-state index contributed by atoms with van der Waals surface area (Å²) in [5.74, 6) is -0.0899. The highest BCUT2D eigenvalue weighted by Crippen LogP contribution is 2.44. The lowest BCUT2D eigenvalue weighted by Gasteiger charge is -2.29. The number of halogens is 4. The van der Waals surface area contributed by atoms with Crippen LogP contribution in [-0.2, 0) is 35.3 Å². The van der Waals surface area contributed by atoms with Gasteiger partial charge in [-0.25, -0.2) is 4.98 Å². The maximum atomic E-state index is 14.5. The number of alkyl halides is 3. The number of pyridine rings is 3. The van der Waals surface area contributed by atoms with Crippen molar-refractivity contribution in [1.29, 1.82) is 0 Å². The van der Waals surface area contributed by atoms with E-state index in [-0.39, 0.29) is 41.9 Å². The van der Waals surface area contributed by atoms with E-state index < -0.39 is 23.7 Å². The Kier molecular flexibility index (Phi) is 11.9. The molecule has 2 fully saturated rings. The van der Waals surface area contributed by atoms with Crippen LogP contribution in [0.15, 0.2) is 48.7 Å². The molecule has 2 amide bonds. The topological polar surface area (TPSA) is 149 Å². The molecule has 56 heavy (non-hydrogen) atoms. The molecule has 2 saturated heterocycles. The third-order valence-electron chi connectivity index (χ3n) is 10.4. The molecule has 3 atom stereocenters. The number of fused-ring (bicyclic) bond motifs is 1. The molecule has 12 nitrogen and oxygen atoms in total. The number of nitrogens with one attached hydrogen (secondary N) is 4. The van der Waals surface area contributed by atoms with Crippen LogP contribution in [0, 0.1) is 0 Å². The first kappa shape index (κ1) is 39.3. The van der Waals surface area contributed by atoms with Crippen molar-refractivity contribution in [3.8, 4) is 40.2 Å². The van der Waals surface area contributed by atoms with Crippen molar-refractivity contribution in [3.63, 3.8) is 0 Å². The van der Waals surface area contributed by atoms with Crippen LogP contribution in [0.5, 0.6) is 17.6 Å². The van der Waals surface area contributed by atoms with Gasteiger partial charge in [0.05, 0.1) is 30.6 Å². The van der Waals surface area contributed by atoms with Gasteiger partial charge in [-0.05, 0) is 61.4 Å². The van der Waals surface area contributed by atoms with Gasteiger partial charge in [0, 0.05) is 79.6 Å². The van der Waals surface area contributed by atoms with E-state index in [1.807, 2.05) is 30.3 Å². The first-order valence-corrected chi connectivity index (χ1v) is 19.0. The molecule has 1 aliphatic carbocycles. The number of nitrogens with zero attached hydrogens (tertiary/aromatic N) is 3. The molecule has 0 bridgehead atoms. The van der Waals surface area contributed by atoms with Crippen molar-refractivity contribution in [1.82, 2.24) is 36.2 Å². The van der Waals surface area contributed by atoms with E-state index in [1.165, 1.54) is 7.11 Å². The van der Waals surface area contributed by atoms with E-state index in [1.54, 1.807) is 19.4 Å². The lowest BCUT2D eigenvalue weighted by Crippen LogP contribution is -2.35. The summed E-state index contributed by atoms with van der Waals surface area (Å²) in [7, 11) is 2.90. The highest BCUT2D eigenvalue weighted by Gasteiger charge is 2.38. The molecule has 1 aromatic carbocycles. The molecule has 4 N–H and O–H groups in total. The average Bonchev–Trinajstić information content (AvgIpc) is 3.81. The second-order valence-corrected chi connectivity index (χ2v) is 14.5. The molecule has 3 aliphatic rings. The van der Waals surface area contributed by atoms with Crippen molar-refractivity contribution < 1.29 is 37.0 Å². The van der Waals surface area contributed by atoms with Crippen LogP contribution in [-0.4, -0.2) is 66.2 Å². The van der Waals surface area contributed by atoms with E-state index in [2.05, 4.69) is 31.2 Å². The van der Waals surface area contributed by atoms with Crippen molar-refractivity contribution in [3.05, 3.63) is 81.5 Å². The number of amides is 2. The van der Waals surface area contributed by atoms with Gasteiger partial charge in [-0.3, -0.25) is 14.6 Å². The van der Waals surface area contributed by atoms with Gasteiger partial charge in [0.1, 0.15) is 11.7 Å². The predicted octanol–water partition coefficient (Wildman–Crippen LogP) is 6.09. The quantitative estimate of drug-likeness (QED) is 0.118. The van der Waals surface area contributed by atoms with E-state index in [4.69, 9.17) is 30.8 Å². The van der Waals surface area contributed by atoms with E-state index in [0.29, 0.717) is 86.0 Å². The normalized spacial score (nSPS) is 19.4. The first-order chi connectivity index (χ1) is 27.0. The maximum Gasteiger partial charge on any atom is 0.421 e. The SMILES string of the molecule is COc1nc(-c2ccnc(-c3cccc4c3CCC[C@H]4Oc3nc(OC)c(CNC[C@@H]4CCC(=O)N4)cc3C(F)(F)F)c2Cl)ccc1CNC[C@@H]1CCC(=O)N1. The number of hydrogen-bond acceptors (Lipinski definition) is 10. The Bertz CT molecular complexity index is 2100. The smallest absolute Gasteiger partial charge is 0.421 e. The molecule has 296 valence electrons. The van der Waals surface area contributed by atoms with Crippen molar-refractivity contribution in [2.45, 2.75) is 82.4 Å². The van der Waals surface area contributed by atoms with Gasteiger partial charge in [0.2, 0.25) is 29.5 Å². The van der Waals surface area contributed by atoms with Crippen LogP contribution in [0.25, 0.3) is 22.5 Å². The third kappa shape index (κ3) is 8.69. The molecule has 0 radical (unpaired) electrons. The Labute approximate surface area is 327 Å². The summed E-state index contributed by atoms with van der Waals surface area (Å²) < 4.78 is 60.9. The molecule has 5 heterocycles. The van der Waals surface area contributed by atoms with Crippen LogP contribution < -0.4 is 35.5 Å². The fraction of sp³-hybridized carbons (Fsp3) is 0.425. The minimum atomic E-state index is -4.75. The van der Waals surface area contributed by atoms with Crippen molar-refractivity contribution in [2.75, 3.05) is 27.3 Å². The Morgan fingerprint density at radius 2 is 1.50 bits per heavy atom. The molecule has 0 spiro atoms. The lowest BCUT2D eigenvalue weighted by atomic mass is 9.85. The fourth-order valence-electron chi connectivity index (χ4n) is 7.59. The van der Waals surface area contributed by atoms with Crippen LogP contribution in [0.4, 0.5) is 13.2 Å². The van der Waals surface area contributed by atoms with Gasteiger partial charge in [0.15, 0.2) is 0 Å². The first-order valence-electron chi connectivity index (χ1n) is 18.6. The van der Waals surface area contributed by atoms with Crippen LogP contribution in [0.1, 0.15) is 72.4 Å². The molecule has 3 aromatic heterocycles. The third-order valence-corrected chi connectivity index (χ3v) is 10.7. The average molecular weight is 794 g/mol. The zero-order valence-electron chi connectivity index (χ0n) is 31.0. The number of ether oxygens (including phenoxy) is 3. The minimum absolute atomic E-state index is 0.0159. The van der Waals surface area contributed by atoms with E-state index >= 15 is 0 Å². The Morgan fingerprint density at radius 1 is 0.821 bits per heavy atom. The summed E-state index contributed by atoms with van der Waals surface area (Å²) in [5, 5.41) is 12.6. The molecular formula is C40H43ClF3N7O5. The lowest BCUT2D eigenvalue weighted by molar-refractivity contribution is -0.140. The van der Waals surface area contributed by atoms with Crippen LogP contribution in [0.2, 0.25) is 5.02 Å². The molecule has 2 aliphatic heterocycles. The second-order valence-electron chi connectivity index (χ2n) is 14.1. The van der Waals surface area contributed by atoms with Gasteiger partial charge in [0.25, 0.3) is 0 Å². The molecule has 0 saturated carbocycles.